The third-order valence-electron chi connectivity index (χ3n) is 7.92. The molecule has 1 heterocycles. The first-order chi connectivity index (χ1) is 21.9. The van der Waals surface area contributed by atoms with Gasteiger partial charge in [0, 0.05) is 44.4 Å². The van der Waals surface area contributed by atoms with Gasteiger partial charge in [0.15, 0.2) is 0 Å². The number of hydrogen-bond acceptors (Lipinski definition) is 7. The van der Waals surface area contributed by atoms with Gasteiger partial charge in [-0.1, -0.05) is 31.2 Å². The third-order valence-corrected chi connectivity index (χ3v) is 9.84. The van der Waals surface area contributed by atoms with Crippen LogP contribution in [0.5, 0.6) is 0 Å². The van der Waals surface area contributed by atoms with Crippen molar-refractivity contribution in [2.75, 3.05) is 33.7 Å². The van der Waals surface area contributed by atoms with E-state index in [0.29, 0.717) is 13.1 Å². The van der Waals surface area contributed by atoms with Gasteiger partial charge in [0.05, 0.1) is 17.0 Å². The van der Waals surface area contributed by atoms with E-state index in [9.17, 15) is 27.1 Å². The zero-order valence-electron chi connectivity index (χ0n) is 26.2. The lowest BCUT2D eigenvalue weighted by Crippen LogP contribution is -2.48. The fourth-order valence-corrected chi connectivity index (χ4v) is 6.71. The molecule has 1 saturated heterocycles. The number of nitrogens with zero attached hydrogens (tertiary/aromatic N) is 2. The number of aryl methyl sites for hydroxylation is 1. The molecule has 13 heteroatoms. The van der Waals surface area contributed by atoms with Crippen LogP contribution in [-0.2, 0) is 34.2 Å². The monoisotopic (exact) mass is 660 g/mol. The molecule has 1 aliphatic heterocycles. The molecule has 3 atom stereocenters. The molecule has 4 rings (SSSR count). The van der Waals surface area contributed by atoms with Crippen LogP contribution in [-0.4, -0.2) is 92.1 Å². The van der Waals surface area contributed by atoms with Crippen LogP contribution in [0.2, 0.25) is 0 Å². The van der Waals surface area contributed by atoms with E-state index in [1.807, 2.05) is 25.2 Å². The van der Waals surface area contributed by atoms with Crippen molar-refractivity contribution in [3.05, 3.63) is 101 Å². The highest BCUT2D eigenvalue weighted by atomic mass is 32.2. The summed E-state index contributed by atoms with van der Waals surface area (Å²) in [5.41, 5.74) is 2.70. The second-order valence-corrected chi connectivity index (χ2v) is 13.3. The molecular weight excluding hydrogens is 618 g/mol. The predicted molar refractivity (Wildman–Crippen MR) is 171 cm³/mol. The average Bonchev–Trinajstić information content (AvgIpc) is 3.46. The maximum absolute atomic E-state index is 13.9. The fourth-order valence-electron chi connectivity index (χ4n) is 5.33. The van der Waals surface area contributed by atoms with Crippen LogP contribution in [0.15, 0.2) is 71.6 Å². The van der Waals surface area contributed by atoms with E-state index in [-0.39, 0.29) is 41.5 Å². The van der Waals surface area contributed by atoms with Crippen LogP contribution >= 0.6 is 0 Å². The van der Waals surface area contributed by atoms with Crippen molar-refractivity contribution in [1.29, 1.82) is 0 Å². The molecule has 1 amide bonds. The van der Waals surface area contributed by atoms with E-state index in [2.05, 4.69) is 28.5 Å². The van der Waals surface area contributed by atoms with E-state index in [0.717, 1.165) is 43.1 Å². The summed E-state index contributed by atoms with van der Waals surface area (Å²) in [5, 5.41) is 23.9. The Balaban J connectivity index is 0.00000185. The first-order valence-electron chi connectivity index (χ1n) is 14.9. The van der Waals surface area contributed by atoms with Gasteiger partial charge in [-0.05, 0) is 85.9 Å². The lowest BCUT2D eigenvalue weighted by molar-refractivity contribution is -0.122. The van der Waals surface area contributed by atoms with Gasteiger partial charge < -0.3 is 25.7 Å². The third kappa shape index (κ3) is 10.4. The van der Waals surface area contributed by atoms with Crippen molar-refractivity contribution in [2.45, 2.75) is 55.8 Å². The number of hydrogen-bond donors (Lipinski definition) is 4. The van der Waals surface area contributed by atoms with Gasteiger partial charge in [0.2, 0.25) is 10.0 Å². The maximum atomic E-state index is 13.9. The molecule has 0 bridgehead atoms. The number of carboxylic acid groups (broad SMARTS) is 1. The number of aliphatic hydroxyl groups is 1. The van der Waals surface area contributed by atoms with Crippen molar-refractivity contribution in [3.8, 4) is 0 Å². The lowest BCUT2D eigenvalue weighted by atomic mass is 10.00. The number of carbonyl (C=O) groups is 2. The van der Waals surface area contributed by atoms with E-state index < -0.39 is 39.7 Å². The van der Waals surface area contributed by atoms with Gasteiger partial charge in [-0.25, -0.2) is 17.2 Å². The Kier molecular flexibility index (Phi) is 13.8. The largest absolute Gasteiger partial charge is 0.483 e. The van der Waals surface area contributed by atoms with Gasteiger partial charge in [0.1, 0.15) is 11.6 Å². The van der Waals surface area contributed by atoms with E-state index in [1.165, 1.54) is 34.1 Å². The average molecular weight is 661 g/mol. The number of halogens is 2. The molecule has 1 aliphatic rings. The van der Waals surface area contributed by atoms with E-state index in [4.69, 9.17) is 9.90 Å². The summed E-state index contributed by atoms with van der Waals surface area (Å²) in [6.45, 7) is 3.88. The number of aliphatic hydroxyl groups excluding tert-OH is 1. The van der Waals surface area contributed by atoms with Crippen LogP contribution in [0.25, 0.3) is 0 Å². The van der Waals surface area contributed by atoms with Crippen LogP contribution in [0.1, 0.15) is 40.4 Å². The van der Waals surface area contributed by atoms with Crippen molar-refractivity contribution >= 4 is 22.4 Å². The number of carbonyl (C=O) groups excluding carboxylic acids is 1. The quantitative estimate of drug-likeness (QED) is 0.205. The molecule has 0 aromatic heterocycles. The molecule has 250 valence electrons. The zero-order valence-corrected chi connectivity index (χ0v) is 27.0. The van der Waals surface area contributed by atoms with Crippen molar-refractivity contribution in [2.24, 2.45) is 0 Å². The number of amides is 1. The van der Waals surface area contributed by atoms with Gasteiger partial charge >= 0.3 is 0 Å². The molecule has 46 heavy (non-hydrogen) atoms. The standard InChI is InChI=1S/C32H40F2N4O4S.CH2O2/c1-4-22-6-5-7-23(14-22)19-35-20-31(39)30(17-24-15-26(33)18-27(34)16-24)36-32(40)25-8-10-29(11-9-25)43(41,42)38(3)28-12-13-37(2)21-28;2-1-3/h5-11,14-16,18,28,30-31,35,39H,4,12-13,17,19-21H2,1-3H3,(H,36,40);1H,(H,2,3)/t28?,30-,31+;/m0./s1. The Hall–Kier alpha value is -3.75. The molecule has 0 spiro atoms. The number of likely N-dealkylation sites (N-methyl/N-ethyl adjacent to an activating group) is 2. The molecule has 1 unspecified atom stereocenters. The van der Waals surface area contributed by atoms with E-state index in [1.54, 1.807) is 7.05 Å². The summed E-state index contributed by atoms with van der Waals surface area (Å²) < 4.78 is 55.6. The molecule has 0 radical (unpaired) electrons. The normalized spacial score (nSPS) is 16.4. The summed E-state index contributed by atoms with van der Waals surface area (Å²) >= 11 is 0. The van der Waals surface area contributed by atoms with Crippen LogP contribution in [0.4, 0.5) is 8.78 Å². The number of rotatable bonds is 13. The van der Waals surface area contributed by atoms with Crippen LogP contribution in [0.3, 0.4) is 0 Å². The molecule has 3 aromatic carbocycles. The highest BCUT2D eigenvalue weighted by Crippen LogP contribution is 2.22. The SMILES string of the molecule is CCc1cccc(CNC[C@@H](O)[C@H](Cc2cc(F)cc(F)c2)NC(=O)c2ccc(S(=O)(=O)N(C)C3CCN(C)C3)cc2)c1.O=CO. The summed E-state index contributed by atoms with van der Waals surface area (Å²) in [6.07, 6.45) is 0.520. The van der Waals surface area contributed by atoms with Crippen LogP contribution < -0.4 is 10.6 Å². The molecule has 0 saturated carbocycles. The second-order valence-electron chi connectivity index (χ2n) is 11.3. The minimum Gasteiger partial charge on any atom is -0.483 e. The van der Waals surface area contributed by atoms with Crippen molar-refractivity contribution in [3.63, 3.8) is 0 Å². The Morgan fingerprint density at radius 1 is 1.07 bits per heavy atom. The number of likely N-dealkylation sites (tertiary alicyclic amines) is 1. The highest BCUT2D eigenvalue weighted by Gasteiger charge is 2.32. The summed E-state index contributed by atoms with van der Waals surface area (Å²) in [5.74, 6) is -2.06. The first kappa shape index (κ1) is 36.7. The Labute approximate surface area is 269 Å². The Bertz CT molecular complexity index is 1540. The smallest absolute Gasteiger partial charge is 0.290 e. The van der Waals surface area contributed by atoms with Crippen molar-refractivity contribution in [1.82, 2.24) is 19.8 Å². The van der Waals surface area contributed by atoms with Crippen LogP contribution in [0, 0.1) is 11.6 Å². The topological polar surface area (TPSA) is 139 Å². The second kappa shape index (κ2) is 17.2. The fraction of sp³-hybridized carbons (Fsp3) is 0.394. The Morgan fingerprint density at radius 3 is 2.28 bits per heavy atom. The number of sulfonamides is 1. The molecule has 10 nitrogen and oxygen atoms in total. The zero-order chi connectivity index (χ0) is 33.9. The predicted octanol–water partition coefficient (Wildman–Crippen LogP) is 3.04. The summed E-state index contributed by atoms with van der Waals surface area (Å²) in [6, 6.07) is 15.7. The van der Waals surface area contributed by atoms with E-state index >= 15 is 0 Å². The number of benzene rings is 3. The van der Waals surface area contributed by atoms with Gasteiger partial charge in [-0.15, -0.1) is 0 Å². The van der Waals surface area contributed by atoms with Crippen molar-refractivity contribution < 1.29 is 37.0 Å². The first-order valence-corrected chi connectivity index (χ1v) is 16.4. The summed E-state index contributed by atoms with van der Waals surface area (Å²) in [4.78, 5) is 23.7. The summed E-state index contributed by atoms with van der Waals surface area (Å²) in [7, 11) is -0.242. The molecular formula is C33H42F2N4O6S. The van der Waals surface area contributed by atoms with Gasteiger partial charge in [-0.3, -0.25) is 9.59 Å². The number of nitrogens with one attached hydrogen (secondary N) is 2. The maximum Gasteiger partial charge on any atom is 0.290 e. The van der Waals surface area contributed by atoms with Gasteiger partial charge in [-0.2, -0.15) is 4.31 Å². The molecule has 0 aliphatic carbocycles. The highest BCUT2D eigenvalue weighted by molar-refractivity contribution is 7.89. The Morgan fingerprint density at radius 2 is 1.70 bits per heavy atom. The van der Waals surface area contributed by atoms with Gasteiger partial charge in [0.25, 0.3) is 12.4 Å². The lowest BCUT2D eigenvalue weighted by Gasteiger charge is -2.25. The molecule has 3 aromatic rings. The molecule has 1 fully saturated rings. The minimum absolute atomic E-state index is 0.0261. The minimum atomic E-state index is -3.76. The molecule has 4 N–H and O–H groups in total.